The highest BCUT2D eigenvalue weighted by atomic mass is 32.2. The monoisotopic (exact) mass is 299 g/mol. The van der Waals surface area contributed by atoms with Crippen LogP contribution in [-0.4, -0.2) is 60.2 Å². The van der Waals surface area contributed by atoms with E-state index in [0.717, 1.165) is 45.2 Å². The second kappa shape index (κ2) is 7.55. The van der Waals surface area contributed by atoms with Crippen molar-refractivity contribution in [2.75, 3.05) is 38.5 Å². The third kappa shape index (κ3) is 4.85. The maximum atomic E-state index is 5.67. The topological polar surface area (TPSA) is 36.9 Å². The molecule has 0 aromatic heterocycles. The van der Waals surface area contributed by atoms with Crippen molar-refractivity contribution in [1.82, 2.24) is 10.2 Å². The fourth-order valence-corrected chi connectivity index (χ4v) is 3.92. The van der Waals surface area contributed by atoms with Gasteiger partial charge in [-0.1, -0.05) is 0 Å². The highest BCUT2D eigenvalue weighted by Crippen LogP contribution is 2.29. The summed E-state index contributed by atoms with van der Waals surface area (Å²) in [6.45, 7) is 11.7. The summed E-state index contributed by atoms with van der Waals surface area (Å²) < 4.78 is 5.99. The summed E-state index contributed by atoms with van der Waals surface area (Å²) in [5.74, 6) is 2.27. The Morgan fingerprint density at radius 1 is 1.50 bits per heavy atom. The number of ether oxygens (including phenoxy) is 1. The third-order valence-corrected chi connectivity index (χ3v) is 5.09. The van der Waals surface area contributed by atoms with E-state index in [0.29, 0.717) is 10.9 Å². The van der Waals surface area contributed by atoms with E-state index in [1.165, 1.54) is 18.6 Å². The smallest absolute Gasteiger partial charge is 0.193 e. The molecule has 0 radical (unpaired) electrons. The molecule has 4 nitrogen and oxygen atoms in total. The number of hydrogen-bond donors (Lipinski definition) is 1. The Morgan fingerprint density at radius 2 is 2.35 bits per heavy atom. The largest absolute Gasteiger partial charge is 0.378 e. The molecule has 1 N–H and O–H groups in total. The van der Waals surface area contributed by atoms with Gasteiger partial charge in [0.05, 0.1) is 6.10 Å². The molecule has 0 bridgehead atoms. The average molecular weight is 299 g/mol. The van der Waals surface area contributed by atoms with E-state index in [1.807, 2.05) is 0 Å². The van der Waals surface area contributed by atoms with Crippen LogP contribution < -0.4 is 5.32 Å². The van der Waals surface area contributed by atoms with Gasteiger partial charge in [-0.25, -0.2) is 0 Å². The minimum Gasteiger partial charge on any atom is -0.378 e. The fraction of sp³-hybridized carbons (Fsp3) is 0.933. The minimum atomic E-state index is 0.322. The molecule has 1 unspecified atom stereocenters. The molecule has 1 atom stereocenters. The fourth-order valence-electron chi connectivity index (χ4n) is 2.81. The van der Waals surface area contributed by atoms with Crippen LogP contribution in [0.3, 0.4) is 0 Å². The van der Waals surface area contributed by atoms with Crippen molar-refractivity contribution in [2.24, 2.45) is 4.99 Å². The molecular weight excluding hydrogens is 270 g/mol. The molecule has 2 aliphatic rings. The van der Waals surface area contributed by atoms with E-state index in [1.54, 1.807) is 0 Å². The van der Waals surface area contributed by atoms with E-state index >= 15 is 0 Å². The molecule has 0 amide bonds. The van der Waals surface area contributed by atoms with Crippen molar-refractivity contribution in [2.45, 2.75) is 50.9 Å². The first-order valence-electron chi connectivity index (χ1n) is 7.89. The summed E-state index contributed by atoms with van der Waals surface area (Å²) in [5.41, 5.74) is 0. The number of aliphatic imine (C=N–C) groups is 1. The summed E-state index contributed by atoms with van der Waals surface area (Å²) >= 11 is 2.06. The summed E-state index contributed by atoms with van der Waals surface area (Å²) in [7, 11) is 0. The molecule has 2 heterocycles. The lowest BCUT2D eigenvalue weighted by Crippen LogP contribution is -2.51. The first-order chi connectivity index (χ1) is 9.61. The van der Waals surface area contributed by atoms with Crippen LogP contribution in [0.5, 0.6) is 0 Å². The van der Waals surface area contributed by atoms with Crippen LogP contribution in [0.2, 0.25) is 0 Å². The van der Waals surface area contributed by atoms with Crippen LogP contribution >= 0.6 is 11.8 Å². The molecule has 0 spiro atoms. The average Bonchev–Trinajstić information content (AvgIpc) is 2.90. The Bertz CT molecular complexity index is 327. The van der Waals surface area contributed by atoms with Crippen molar-refractivity contribution < 1.29 is 4.74 Å². The van der Waals surface area contributed by atoms with Crippen LogP contribution in [-0.2, 0) is 4.74 Å². The Kier molecular flexibility index (Phi) is 6.02. The molecule has 0 saturated carbocycles. The molecule has 20 heavy (non-hydrogen) atoms. The van der Waals surface area contributed by atoms with Gasteiger partial charge in [-0.15, -0.1) is 0 Å². The van der Waals surface area contributed by atoms with Gasteiger partial charge in [0.2, 0.25) is 0 Å². The molecule has 5 heteroatoms. The normalized spacial score (nSPS) is 26.9. The van der Waals surface area contributed by atoms with E-state index in [4.69, 9.17) is 9.73 Å². The summed E-state index contributed by atoms with van der Waals surface area (Å²) in [6, 6.07) is 0. The Morgan fingerprint density at radius 3 is 3.00 bits per heavy atom. The lowest BCUT2D eigenvalue weighted by molar-refractivity contribution is 0.106. The highest BCUT2D eigenvalue weighted by Gasteiger charge is 2.28. The zero-order valence-electron chi connectivity index (χ0n) is 13.2. The standard InChI is InChI=1S/C15H29N3OS/c1-4-16-14(17-8-7-13-6-5-10-19-13)18-9-11-20-15(2,3)12-18/h13H,4-12H2,1-3H3,(H,16,17). The van der Waals surface area contributed by atoms with E-state index in [9.17, 15) is 0 Å². The zero-order valence-corrected chi connectivity index (χ0v) is 14.0. The Labute approximate surface area is 127 Å². The maximum absolute atomic E-state index is 5.67. The van der Waals surface area contributed by atoms with Crippen LogP contribution in [0, 0.1) is 0 Å². The first-order valence-corrected chi connectivity index (χ1v) is 8.88. The first kappa shape index (κ1) is 16.0. The van der Waals surface area contributed by atoms with Gasteiger partial charge in [-0.2, -0.15) is 11.8 Å². The van der Waals surface area contributed by atoms with Crippen molar-refractivity contribution >= 4 is 17.7 Å². The molecule has 0 aliphatic carbocycles. The second-order valence-corrected chi connectivity index (χ2v) is 7.99. The number of hydrogen-bond acceptors (Lipinski definition) is 3. The molecule has 2 aliphatic heterocycles. The van der Waals surface area contributed by atoms with Gasteiger partial charge < -0.3 is 15.0 Å². The quantitative estimate of drug-likeness (QED) is 0.639. The summed E-state index contributed by atoms with van der Waals surface area (Å²) in [6.07, 6.45) is 3.92. The van der Waals surface area contributed by atoms with Crippen molar-refractivity contribution in [1.29, 1.82) is 0 Å². The van der Waals surface area contributed by atoms with Crippen LogP contribution in [0.1, 0.15) is 40.0 Å². The van der Waals surface area contributed by atoms with E-state index < -0.39 is 0 Å². The summed E-state index contributed by atoms with van der Waals surface area (Å²) in [4.78, 5) is 7.22. The maximum Gasteiger partial charge on any atom is 0.193 e. The van der Waals surface area contributed by atoms with Crippen molar-refractivity contribution in [3.8, 4) is 0 Å². The zero-order chi connectivity index (χ0) is 14.4. The number of rotatable bonds is 4. The van der Waals surface area contributed by atoms with Crippen LogP contribution in [0.4, 0.5) is 0 Å². The van der Waals surface area contributed by atoms with Gasteiger partial charge in [-0.05, 0) is 40.0 Å². The Balaban J connectivity index is 1.87. The number of guanidine groups is 1. The highest BCUT2D eigenvalue weighted by molar-refractivity contribution is 8.00. The van der Waals surface area contributed by atoms with Crippen molar-refractivity contribution in [3.63, 3.8) is 0 Å². The van der Waals surface area contributed by atoms with Gasteiger partial charge in [-0.3, -0.25) is 4.99 Å². The van der Waals surface area contributed by atoms with Crippen molar-refractivity contribution in [3.05, 3.63) is 0 Å². The van der Waals surface area contributed by atoms with Gasteiger partial charge in [0.15, 0.2) is 5.96 Å². The van der Waals surface area contributed by atoms with Gasteiger partial charge in [0.25, 0.3) is 0 Å². The lowest BCUT2D eigenvalue weighted by Gasteiger charge is -2.39. The molecule has 2 rings (SSSR count). The van der Waals surface area contributed by atoms with Crippen LogP contribution in [0.15, 0.2) is 4.99 Å². The minimum absolute atomic E-state index is 0.322. The SMILES string of the molecule is CCNC(=NCCC1CCCO1)N1CCSC(C)(C)C1. The third-order valence-electron chi connectivity index (χ3n) is 3.80. The number of thioether (sulfide) groups is 1. The second-order valence-electron chi connectivity index (χ2n) is 6.19. The predicted octanol–water partition coefficient (Wildman–Crippen LogP) is 2.35. The van der Waals surface area contributed by atoms with Crippen LogP contribution in [0.25, 0.3) is 0 Å². The molecular formula is C15H29N3OS. The van der Waals surface area contributed by atoms with Gasteiger partial charge >= 0.3 is 0 Å². The molecule has 2 fully saturated rings. The molecule has 0 aromatic carbocycles. The van der Waals surface area contributed by atoms with Gasteiger partial charge in [0, 0.05) is 43.3 Å². The van der Waals surface area contributed by atoms with E-state index in [2.05, 4.69) is 42.7 Å². The Hall–Kier alpha value is -0.420. The molecule has 0 aromatic rings. The predicted molar refractivity (Wildman–Crippen MR) is 87.7 cm³/mol. The molecule has 2 saturated heterocycles. The number of nitrogens with zero attached hydrogens (tertiary/aromatic N) is 2. The lowest BCUT2D eigenvalue weighted by atomic mass is 10.2. The molecule has 116 valence electrons. The van der Waals surface area contributed by atoms with Gasteiger partial charge in [0.1, 0.15) is 0 Å². The summed E-state index contributed by atoms with van der Waals surface area (Å²) in [5, 5.41) is 3.44. The number of nitrogens with one attached hydrogen (secondary N) is 1. The van der Waals surface area contributed by atoms with E-state index in [-0.39, 0.29) is 0 Å².